The minimum absolute atomic E-state index is 0.129. The van der Waals surface area contributed by atoms with Gasteiger partial charge in [0, 0.05) is 13.0 Å². The molecule has 2 aromatic carbocycles. The first-order valence-electron chi connectivity index (χ1n) is 8.34. The average molecular weight is 307 g/mol. The van der Waals surface area contributed by atoms with E-state index < -0.39 is 0 Å². The predicted molar refractivity (Wildman–Crippen MR) is 89.4 cm³/mol. The van der Waals surface area contributed by atoms with E-state index in [0.29, 0.717) is 6.42 Å². The van der Waals surface area contributed by atoms with Crippen LogP contribution in [0.25, 0.3) is 0 Å². The summed E-state index contributed by atoms with van der Waals surface area (Å²) in [6, 6.07) is 16.7. The maximum atomic E-state index is 13.0. The monoisotopic (exact) mass is 307 g/mol. The molecule has 118 valence electrons. The molecule has 0 bridgehead atoms. The molecular formula is C20H21NO2. The molecule has 1 amide bonds. The number of carbonyl (C=O) groups is 1. The molecule has 0 radical (unpaired) electrons. The molecule has 23 heavy (non-hydrogen) atoms. The summed E-state index contributed by atoms with van der Waals surface area (Å²) in [5.41, 5.74) is 3.62. The number of rotatable bonds is 2. The quantitative estimate of drug-likeness (QED) is 0.847. The summed E-state index contributed by atoms with van der Waals surface area (Å²) < 4.78 is 5.89. The number of nitrogens with zero attached hydrogens (tertiary/aromatic N) is 1. The SMILES string of the molecule is Cc1ccc(C2CCCN2C(=O)C2Cc3ccccc3O2)cc1. The minimum atomic E-state index is -0.363. The van der Waals surface area contributed by atoms with Crippen molar-refractivity contribution in [2.75, 3.05) is 6.54 Å². The zero-order valence-electron chi connectivity index (χ0n) is 13.4. The number of aryl methyl sites for hydroxylation is 1. The van der Waals surface area contributed by atoms with Crippen LogP contribution >= 0.6 is 0 Å². The third-order valence-corrected chi connectivity index (χ3v) is 4.92. The Morgan fingerprint density at radius 2 is 1.91 bits per heavy atom. The van der Waals surface area contributed by atoms with Gasteiger partial charge in [-0.05, 0) is 37.0 Å². The van der Waals surface area contributed by atoms with E-state index in [1.807, 2.05) is 29.2 Å². The first-order chi connectivity index (χ1) is 11.2. The number of amides is 1. The number of ether oxygens (including phenoxy) is 1. The first kappa shape index (κ1) is 14.3. The summed E-state index contributed by atoms with van der Waals surface area (Å²) in [5, 5.41) is 0. The van der Waals surface area contributed by atoms with Gasteiger partial charge in [0.15, 0.2) is 6.10 Å². The summed E-state index contributed by atoms with van der Waals surface area (Å²) in [6.45, 7) is 2.92. The largest absolute Gasteiger partial charge is 0.480 e. The number of hydrogen-bond acceptors (Lipinski definition) is 2. The lowest BCUT2D eigenvalue weighted by molar-refractivity contribution is -0.138. The highest BCUT2D eigenvalue weighted by Gasteiger charge is 2.37. The summed E-state index contributed by atoms with van der Waals surface area (Å²) in [7, 11) is 0. The Balaban J connectivity index is 1.53. The fourth-order valence-electron chi connectivity index (χ4n) is 3.67. The lowest BCUT2D eigenvalue weighted by Crippen LogP contribution is -2.40. The van der Waals surface area contributed by atoms with Crippen LogP contribution < -0.4 is 4.74 Å². The van der Waals surface area contributed by atoms with Gasteiger partial charge in [0.05, 0.1) is 6.04 Å². The molecule has 0 aromatic heterocycles. The Kier molecular flexibility index (Phi) is 3.56. The zero-order chi connectivity index (χ0) is 15.8. The van der Waals surface area contributed by atoms with E-state index in [4.69, 9.17) is 4.74 Å². The second-order valence-electron chi connectivity index (χ2n) is 6.52. The second kappa shape index (κ2) is 5.73. The van der Waals surface area contributed by atoms with Crippen LogP contribution in [0.1, 0.15) is 35.6 Å². The molecule has 2 unspecified atom stereocenters. The smallest absolute Gasteiger partial charge is 0.264 e. The number of benzene rings is 2. The number of hydrogen-bond donors (Lipinski definition) is 0. The Morgan fingerprint density at radius 3 is 2.70 bits per heavy atom. The molecule has 0 N–H and O–H groups in total. The lowest BCUT2D eigenvalue weighted by atomic mass is 10.0. The van der Waals surface area contributed by atoms with Crippen LogP contribution in [0.2, 0.25) is 0 Å². The summed E-state index contributed by atoms with van der Waals surface area (Å²) in [4.78, 5) is 15.0. The normalized spacial score (nSPS) is 22.7. The van der Waals surface area contributed by atoms with Gasteiger partial charge in [-0.1, -0.05) is 48.0 Å². The van der Waals surface area contributed by atoms with Gasteiger partial charge >= 0.3 is 0 Å². The molecular weight excluding hydrogens is 286 g/mol. The van der Waals surface area contributed by atoms with Gasteiger partial charge in [0.25, 0.3) is 5.91 Å². The van der Waals surface area contributed by atoms with Gasteiger partial charge < -0.3 is 9.64 Å². The highest BCUT2D eigenvalue weighted by atomic mass is 16.5. The van der Waals surface area contributed by atoms with Gasteiger partial charge in [-0.2, -0.15) is 0 Å². The predicted octanol–water partition coefficient (Wildman–Crippen LogP) is 3.66. The van der Waals surface area contributed by atoms with Crippen LogP contribution in [0.3, 0.4) is 0 Å². The van der Waals surface area contributed by atoms with E-state index in [9.17, 15) is 4.79 Å². The van der Waals surface area contributed by atoms with E-state index in [-0.39, 0.29) is 18.1 Å². The van der Waals surface area contributed by atoms with E-state index in [2.05, 4.69) is 31.2 Å². The summed E-state index contributed by atoms with van der Waals surface area (Å²) in [6.07, 6.45) is 2.42. The maximum absolute atomic E-state index is 13.0. The molecule has 2 heterocycles. The molecule has 2 aromatic rings. The Hall–Kier alpha value is -2.29. The van der Waals surface area contributed by atoms with Crippen molar-refractivity contribution in [2.24, 2.45) is 0 Å². The van der Waals surface area contributed by atoms with Crippen molar-refractivity contribution in [1.29, 1.82) is 0 Å². The van der Waals surface area contributed by atoms with Gasteiger partial charge in [-0.25, -0.2) is 0 Å². The second-order valence-corrected chi connectivity index (χ2v) is 6.52. The molecule has 0 spiro atoms. The molecule has 4 rings (SSSR count). The molecule has 1 saturated heterocycles. The maximum Gasteiger partial charge on any atom is 0.264 e. The fraction of sp³-hybridized carbons (Fsp3) is 0.350. The molecule has 3 heteroatoms. The van der Waals surface area contributed by atoms with Crippen molar-refractivity contribution >= 4 is 5.91 Å². The number of para-hydroxylation sites is 1. The number of carbonyl (C=O) groups excluding carboxylic acids is 1. The van der Waals surface area contributed by atoms with E-state index in [0.717, 1.165) is 30.7 Å². The number of fused-ring (bicyclic) bond motifs is 1. The molecule has 0 saturated carbocycles. The summed E-state index contributed by atoms with van der Waals surface area (Å²) >= 11 is 0. The van der Waals surface area contributed by atoms with Crippen LogP contribution in [-0.4, -0.2) is 23.5 Å². The van der Waals surface area contributed by atoms with Crippen molar-refractivity contribution in [3.8, 4) is 5.75 Å². The van der Waals surface area contributed by atoms with Crippen molar-refractivity contribution in [3.05, 3.63) is 65.2 Å². The molecule has 3 nitrogen and oxygen atoms in total. The van der Waals surface area contributed by atoms with Crippen molar-refractivity contribution in [1.82, 2.24) is 4.90 Å². The average Bonchev–Trinajstić information content (AvgIpc) is 3.21. The molecule has 0 aliphatic carbocycles. The van der Waals surface area contributed by atoms with Gasteiger partial charge in [0.1, 0.15) is 5.75 Å². The van der Waals surface area contributed by atoms with Crippen LogP contribution in [0, 0.1) is 6.92 Å². The van der Waals surface area contributed by atoms with Gasteiger partial charge in [-0.3, -0.25) is 4.79 Å². The Labute approximate surface area is 136 Å². The third kappa shape index (κ3) is 2.61. The standard InChI is InChI=1S/C20H21NO2/c1-14-8-10-15(11-9-14)17-6-4-12-21(17)20(22)19-13-16-5-2-3-7-18(16)23-19/h2-3,5,7-11,17,19H,4,6,12-13H2,1H3. The zero-order valence-corrected chi connectivity index (χ0v) is 13.4. The van der Waals surface area contributed by atoms with Crippen molar-refractivity contribution < 1.29 is 9.53 Å². The third-order valence-electron chi connectivity index (χ3n) is 4.92. The Morgan fingerprint density at radius 1 is 1.13 bits per heavy atom. The number of likely N-dealkylation sites (tertiary alicyclic amines) is 1. The van der Waals surface area contributed by atoms with Crippen molar-refractivity contribution in [3.63, 3.8) is 0 Å². The first-order valence-corrected chi connectivity index (χ1v) is 8.34. The van der Waals surface area contributed by atoms with Crippen LogP contribution in [0.5, 0.6) is 5.75 Å². The van der Waals surface area contributed by atoms with Crippen LogP contribution in [0.15, 0.2) is 48.5 Å². The summed E-state index contributed by atoms with van der Waals surface area (Å²) in [5.74, 6) is 0.987. The van der Waals surface area contributed by atoms with E-state index >= 15 is 0 Å². The highest BCUT2D eigenvalue weighted by molar-refractivity contribution is 5.83. The van der Waals surface area contributed by atoms with Crippen LogP contribution in [-0.2, 0) is 11.2 Å². The fourth-order valence-corrected chi connectivity index (χ4v) is 3.67. The van der Waals surface area contributed by atoms with Crippen LogP contribution in [0.4, 0.5) is 0 Å². The Bertz CT molecular complexity index is 698. The van der Waals surface area contributed by atoms with Gasteiger partial charge in [-0.15, -0.1) is 0 Å². The van der Waals surface area contributed by atoms with E-state index in [1.165, 1.54) is 11.1 Å². The highest BCUT2D eigenvalue weighted by Crippen LogP contribution is 2.35. The topological polar surface area (TPSA) is 29.5 Å². The molecule has 1 fully saturated rings. The lowest BCUT2D eigenvalue weighted by Gasteiger charge is -2.27. The minimum Gasteiger partial charge on any atom is -0.480 e. The van der Waals surface area contributed by atoms with E-state index in [1.54, 1.807) is 0 Å². The molecule has 2 aliphatic heterocycles. The molecule has 2 aliphatic rings. The van der Waals surface area contributed by atoms with Gasteiger partial charge in [0.2, 0.25) is 0 Å². The van der Waals surface area contributed by atoms with Crippen molar-refractivity contribution in [2.45, 2.75) is 38.3 Å². The molecule has 2 atom stereocenters.